The molecule has 0 aliphatic heterocycles. The van der Waals surface area contributed by atoms with Crippen molar-refractivity contribution in [2.45, 2.75) is 20.4 Å². The van der Waals surface area contributed by atoms with Crippen LogP contribution in [0.5, 0.6) is 0 Å². The summed E-state index contributed by atoms with van der Waals surface area (Å²) in [5.41, 5.74) is 10.7. The average Bonchev–Trinajstić information content (AvgIpc) is 2.39. The van der Waals surface area contributed by atoms with Crippen molar-refractivity contribution in [1.29, 1.82) is 0 Å². The first-order chi connectivity index (χ1) is 8.70. The molecule has 0 saturated carbocycles. The number of aryl methyl sites for hydroxylation is 2. The lowest BCUT2D eigenvalue weighted by Crippen LogP contribution is -1.95. The van der Waals surface area contributed by atoms with Crippen LogP contribution in [0.15, 0.2) is 52.7 Å². The van der Waals surface area contributed by atoms with Crippen LogP contribution in [0.3, 0.4) is 0 Å². The number of rotatable bonds is 3. The SMILES string of the molecule is Cc1ccccc1N=Nc1cc(CN)ccc1C. The van der Waals surface area contributed by atoms with Gasteiger partial charge in [0.25, 0.3) is 0 Å². The predicted molar refractivity (Wildman–Crippen MR) is 74.4 cm³/mol. The van der Waals surface area contributed by atoms with Gasteiger partial charge in [0.2, 0.25) is 0 Å². The monoisotopic (exact) mass is 239 g/mol. The van der Waals surface area contributed by atoms with E-state index in [-0.39, 0.29) is 0 Å². The molecule has 0 atom stereocenters. The van der Waals surface area contributed by atoms with Crippen LogP contribution < -0.4 is 5.73 Å². The highest BCUT2D eigenvalue weighted by atomic mass is 15.1. The smallest absolute Gasteiger partial charge is 0.0889 e. The van der Waals surface area contributed by atoms with Crippen LogP contribution in [0.25, 0.3) is 0 Å². The highest BCUT2D eigenvalue weighted by Gasteiger charge is 1.99. The molecule has 92 valence electrons. The van der Waals surface area contributed by atoms with Gasteiger partial charge in [0, 0.05) is 6.54 Å². The summed E-state index contributed by atoms with van der Waals surface area (Å²) >= 11 is 0. The molecule has 3 nitrogen and oxygen atoms in total. The molecule has 2 rings (SSSR count). The zero-order chi connectivity index (χ0) is 13.0. The Bertz CT molecular complexity index is 574. The lowest BCUT2D eigenvalue weighted by Gasteiger charge is -2.02. The van der Waals surface area contributed by atoms with E-state index >= 15 is 0 Å². The van der Waals surface area contributed by atoms with Gasteiger partial charge in [-0.2, -0.15) is 10.2 Å². The van der Waals surface area contributed by atoms with Gasteiger partial charge < -0.3 is 5.73 Å². The zero-order valence-corrected chi connectivity index (χ0v) is 10.7. The van der Waals surface area contributed by atoms with Gasteiger partial charge in [-0.25, -0.2) is 0 Å². The molecule has 0 aliphatic rings. The maximum absolute atomic E-state index is 5.63. The second kappa shape index (κ2) is 5.56. The fourth-order valence-electron chi connectivity index (χ4n) is 1.67. The topological polar surface area (TPSA) is 50.7 Å². The van der Waals surface area contributed by atoms with Crippen LogP contribution in [-0.4, -0.2) is 0 Å². The number of nitrogens with zero attached hydrogens (tertiary/aromatic N) is 2. The Morgan fingerprint density at radius 1 is 0.889 bits per heavy atom. The third kappa shape index (κ3) is 2.81. The predicted octanol–water partition coefficient (Wildman–Crippen LogP) is 4.18. The van der Waals surface area contributed by atoms with Crippen molar-refractivity contribution in [3.8, 4) is 0 Å². The lowest BCUT2D eigenvalue weighted by molar-refractivity contribution is 1.06. The molecular weight excluding hydrogens is 222 g/mol. The van der Waals surface area contributed by atoms with E-state index in [1.165, 1.54) is 0 Å². The fraction of sp³-hybridized carbons (Fsp3) is 0.200. The van der Waals surface area contributed by atoms with E-state index in [1.54, 1.807) is 0 Å². The molecule has 2 N–H and O–H groups in total. The van der Waals surface area contributed by atoms with Gasteiger partial charge in [-0.1, -0.05) is 30.3 Å². The minimum absolute atomic E-state index is 0.521. The first-order valence-electron chi connectivity index (χ1n) is 5.97. The van der Waals surface area contributed by atoms with E-state index in [0.29, 0.717) is 6.54 Å². The van der Waals surface area contributed by atoms with E-state index < -0.39 is 0 Å². The fourth-order valence-corrected chi connectivity index (χ4v) is 1.67. The summed E-state index contributed by atoms with van der Waals surface area (Å²) in [5, 5.41) is 8.61. The summed E-state index contributed by atoms with van der Waals surface area (Å²) in [6, 6.07) is 14.0. The highest BCUT2D eigenvalue weighted by Crippen LogP contribution is 2.24. The summed E-state index contributed by atoms with van der Waals surface area (Å²) in [7, 11) is 0. The summed E-state index contributed by atoms with van der Waals surface area (Å²) in [5.74, 6) is 0. The van der Waals surface area contributed by atoms with Crippen LogP contribution in [0.2, 0.25) is 0 Å². The van der Waals surface area contributed by atoms with E-state index in [4.69, 9.17) is 5.73 Å². The zero-order valence-electron chi connectivity index (χ0n) is 10.7. The molecule has 0 fully saturated rings. The molecule has 0 unspecified atom stereocenters. The van der Waals surface area contributed by atoms with Gasteiger partial charge >= 0.3 is 0 Å². The highest BCUT2D eigenvalue weighted by molar-refractivity contribution is 5.49. The molecule has 0 aliphatic carbocycles. The lowest BCUT2D eigenvalue weighted by atomic mass is 10.1. The summed E-state index contributed by atoms with van der Waals surface area (Å²) < 4.78 is 0. The molecular formula is C15H17N3. The van der Waals surface area contributed by atoms with Crippen LogP contribution >= 0.6 is 0 Å². The Morgan fingerprint density at radius 2 is 1.56 bits per heavy atom. The maximum atomic E-state index is 5.63. The molecule has 0 aromatic heterocycles. The molecule has 0 radical (unpaired) electrons. The quantitative estimate of drug-likeness (QED) is 0.802. The molecule has 0 amide bonds. The van der Waals surface area contributed by atoms with Crippen LogP contribution in [0.1, 0.15) is 16.7 Å². The van der Waals surface area contributed by atoms with E-state index in [1.807, 2.05) is 56.3 Å². The van der Waals surface area contributed by atoms with Gasteiger partial charge in [-0.05, 0) is 42.7 Å². The van der Waals surface area contributed by atoms with E-state index in [9.17, 15) is 0 Å². The van der Waals surface area contributed by atoms with Crippen LogP contribution in [0, 0.1) is 13.8 Å². The molecule has 0 heterocycles. The van der Waals surface area contributed by atoms with Gasteiger partial charge in [-0.15, -0.1) is 0 Å². The normalized spacial score (nSPS) is 11.1. The van der Waals surface area contributed by atoms with Gasteiger partial charge in [0.05, 0.1) is 11.4 Å². The molecule has 2 aromatic rings. The number of nitrogens with two attached hydrogens (primary N) is 1. The second-order valence-electron chi connectivity index (χ2n) is 4.31. The maximum Gasteiger partial charge on any atom is 0.0889 e. The largest absolute Gasteiger partial charge is 0.326 e. The Hall–Kier alpha value is -2.00. The van der Waals surface area contributed by atoms with Crippen molar-refractivity contribution in [2.75, 3.05) is 0 Å². The molecule has 0 spiro atoms. The number of azo groups is 1. The van der Waals surface area contributed by atoms with E-state index in [2.05, 4.69) is 10.2 Å². The molecule has 0 saturated heterocycles. The minimum Gasteiger partial charge on any atom is -0.326 e. The molecule has 0 bridgehead atoms. The average molecular weight is 239 g/mol. The van der Waals surface area contributed by atoms with E-state index in [0.717, 1.165) is 28.1 Å². The van der Waals surface area contributed by atoms with Crippen molar-refractivity contribution in [3.63, 3.8) is 0 Å². The summed E-state index contributed by atoms with van der Waals surface area (Å²) in [4.78, 5) is 0. The first kappa shape index (κ1) is 12.5. The Morgan fingerprint density at radius 3 is 2.28 bits per heavy atom. The van der Waals surface area contributed by atoms with Crippen molar-refractivity contribution >= 4 is 11.4 Å². The first-order valence-corrected chi connectivity index (χ1v) is 5.97. The third-order valence-corrected chi connectivity index (χ3v) is 2.89. The second-order valence-corrected chi connectivity index (χ2v) is 4.31. The molecule has 2 aromatic carbocycles. The number of hydrogen-bond acceptors (Lipinski definition) is 3. The number of benzene rings is 2. The van der Waals surface area contributed by atoms with Crippen molar-refractivity contribution in [2.24, 2.45) is 16.0 Å². The number of hydrogen-bond donors (Lipinski definition) is 1. The van der Waals surface area contributed by atoms with Crippen molar-refractivity contribution < 1.29 is 0 Å². The van der Waals surface area contributed by atoms with Crippen LogP contribution in [-0.2, 0) is 6.54 Å². The van der Waals surface area contributed by atoms with Gasteiger partial charge in [-0.3, -0.25) is 0 Å². The van der Waals surface area contributed by atoms with Gasteiger partial charge in [0.1, 0.15) is 0 Å². The Labute approximate surface area is 107 Å². The summed E-state index contributed by atoms with van der Waals surface area (Å²) in [6.45, 7) is 4.57. The minimum atomic E-state index is 0.521. The third-order valence-electron chi connectivity index (χ3n) is 2.89. The van der Waals surface area contributed by atoms with Gasteiger partial charge in [0.15, 0.2) is 0 Å². The van der Waals surface area contributed by atoms with Crippen molar-refractivity contribution in [1.82, 2.24) is 0 Å². The molecule has 3 heteroatoms. The van der Waals surface area contributed by atoms with Crippen LogP contribution in [0.4, 0.5) is 11.4 Å². The standard InChI is InChI=1S/C15H17N3/c1-11-5-3-4-6-14(11)17-18-15-9-13(10-16)8-7-12(15)2/h3-9H,10,16H2,1-2H3. The Balaban J connectivity index is 2.31. The summed E-state index contributed by atoms with van der Waals surface area (Å²) in [6.07, 6.45) is 0. The molecule has 18 heavy (non-hydrogen) atoms. The van der Waals surface area contributed by atoms with Crippen molar-refractivity contribution in [3.05, 3.63) is 59.2 Å². The Kier molecular flexibility index (Phi) is 3.85.